The number of carbonyl (C=O) groups excluding carboxylic acids is 2. The number of benzene rings is 4. The Morgan fingerprint density at radius 1 is 0.679 bits per heavy atom. The molecule has 0 saturated carbocycles. The highest BCUT2D eigenvalue weighted by atomic mass is 16.7. The summed E-state index contributed by atoms with van der Waals surface area (Å²) >= 11 is 0. The van der Waals surface area contributed by atoms with E-state index in [1.807, 2.05) is 44.2 Å². The van der Waals surface area contributed by atoms with Gasteiger partial charge in [0.15, 0.2) is 5.75 Å². The fraction of sp³-hybridized carbons (Fsp3) is 0.386. The van der Waals surface area contributed by atoms with E-state index in [0.717, 1.165) is 60.8 Å². The highest BCUT2D eigenvalue weighted by Crippen LogP contribution is 2.47. The number of phenolic OH excluding ortho intramolecular Hbond substituents is 2. The Bertz CT molecular complexity index is 1920. The number of unbranched alkanes of at least 4 members (excludes halogenated alkanes) is 4. The number of hydrogen-bond acceptors (Lipinski definition) is 8. The zero-order chi connectivity index (χ0) is 39.5. The first-order valence-corrected chi connectivity index (χ1v) is 18.2. The number of esters is 1. The van der Waals surface area contributed by atoms with E-state index in [1.54, 1.807) is 38.1 Å². The summed E-state index contributed by atoms with van der Waals surface area (Å²) in [5, 5.41) is 41.1. The lowest BCUT2D eigenvalue weighted by molar-refractivity contribution is -0.127. The Labute approximate surface area is 313 Å². The summed E-state index contributed by atoms with van der Waals surface area (Å²) in [5.41, 5.74) is 5.75. The quantitative estimate of drug-likeness (QED) is 0.0874. The molecule has 5 rings (SSSR count). The molecule has 4 aromatic rings. The monoisotopic (exact) mass is 726 g/mol. The maximum Gasteiger partial charge on any atom is 0.345 e. The van der Waals surface area contributed by atoms with E-state index in [9.17, 15) is 34.8 Å². The Kier molecular flexibility index (Phi) is 15.1. The molecule has 0 radical (unpaired) electrons. The van der Waals surface area contributed by atoms with E-state index in [-0.39, 0.29) is 34.2 Å². The first kappa shape index (κ1) is 42.1. The van der Waals surface area contributed by atoms with E-state index in [0.29, 0.717) is 40.8 Å². The zero-order valence-electron chi connectivity index (χ0n) is 32.3. The second kappa shape index (κ2) is 19.0. The van der Waals surface area contributed by atoms with Crippen LogP contribution in [0.5, 0.6) is 23.0 Å². The van der Waals surface area contributed by atoms with E-state index in [1.165, 1.54) is 19.9 Å². The van der Waals surface area contributed by atoms with E-state index < -0.39 is 17.7 Å². The van der Waals surface area contributed by atoms with Crippen molar-refractivity contribution >= 4 is 17.7 Å². The Morgan fingerprint density at radius 3 is 1.64 bits per heavy atom. The Morgan fingerprint density at radius 2 is 1.15 bits per heavy atom. The molecule has 4 N–H and O–H groups in total. The lowest BCUT2D eigenvalue weighted by Gasteiger charge is -2.34. The van der Waals surface area contributed by atoms with Crippen LogP contribution in [0, 0.1) is 13.8 Å². The number of rotatable bonds is 11. The number of carboxylic acids is 1. The number of cyclic esters (lactones) is 1. The fourth-order valence-corrected chi connectivity index (χ4v) is 6.20. The van der Waals surface area contributed by atoms with Crippen molar-refractivity contribution in [2.24, 2.45) is 0 Å². The van der Waals surface area contributed by atoms with Gasteiger partial charge in [-0.25, -0.2) is 9.59 Å². The van der Waals surface area contributed by atoms with Gasteiger partial charge in [0, 0.05) is 13.8 Å². The predicted molar refractivity (Wildman–Crippen MR) is 208 cm³/mol. The predicted octanol–water partition coefficient (Wildman–Crippen LogP) is 10.5. The Hall–Kier alpha value is -5.31. The summed E-state index contributed by atoms with van der Waals surface area (Å²) in [6, 6.07) is 18.2. The van der Waals surface area contributed by atoms with Crippen molar-refractivity contribution in [1.29, 1.82) is 0 Å². The van der Waals surface area contributed by atoms with Crippen LogP contribution in [0.15, 0.2) is 60.7 Å². The molecule has 0 saturated heterocycles. The van der Waals surface area contributed by atoms with Crippen molar-refractivity contribution in [2.75, 3.05) is 0 Å². The summed E-state index contributed by atoms with van der Waals surface area (Å²) in [6.07, 6.45) is 7.13. The van der Waals surface area contributed by atoms with Gasteiger partial charge in [0.2, 0.25) is 5.79 Å². The molecule has 0 bridgehead atoms. The van der Waals surface area contributed by atoms with Crippen molar-refractivity contribution in [1.82, 2.24) is 0 Å². The van der Waals surface area contributed by atoms with Crippen LogP contribution in [0.3, 0.4) is 0 Å². The number of carbonyl (C=O) groups is 3. The molecular formula is C44H54O9. The van der Waals surface area contributed by atoms with Crippen molar-refractivity contribution in [3.8, 4) is 45.3 Å². The molecule has 0 amide bonds. The second-order valence-corrected chi connectivity index (χ2v) is 14.0. The standard InChI is InChI=1S/C22H26O4.C19H22O4.C3H6O/c1-5-6-7-10-16-13-17(23)18(15-11-8-9-14(2)12-15)20-19(16)21(24)26-22(3,4)25-20;1-3-4-5-8-14-11-15(20)16(18(21)17(14)19(22)23)13-9-6-7-12(2)10-13;1-3(2)4/h8-9,11-13,23H,5-7,10H2,1-4H3;6-7,9-11,20-21H,3-5,8H2,1-2H3,(H,22,23);1-2H3. The van der Waals surface area contributed by atoms with Gasteiger partial charge < -0.3 is 34.7 Å². The lowest BCUT2D eigenvalue weighted by Crippen LogP contribution is -2.39. The summed E-state index contributed by atoms with van der Waals surface area (Å²) in [7, 11) is 0. The van der Waals surface area contributed by atoms with Crippen LogP contribution in [0.25, 0.3) is 22.3 Å². The summed E-state index contributed by atoms with van der Waals surface area (Å²) in [5.74, 6) is -2.38. The molecular weight excluding hydrogens is 672 g/mol. The van der Waals surface area contributed by atoms with E-state index in [2.05, 4.69) is 13.8 Å². The van der Waals surface area contributed by atoms with E-state index >= 15 is 0 Å². The van der Waals surface area contributed by atoms with Crippen LogP contribution in [0.4, 0.5) is 0 Å². The van der Waals surface area contributed by atoms with Gasteiger partial charge in [0.1, 0.15) is 34.2 Å². The molecule has 9 nitrogen and oxygen atoms in total. The molecule has 0 atom stereocenters. The maximum absolute atomic E-state index is 12.7. The highest BCUT2D eigenvalue weighted by molar-refractivity contribution is 6.00. The zero-order valence-corrected chi connectivity index (χ0v) is 32.3. The highest BCUT2D eigenvalue weighted by Gasteiger charge is 2.38. The van der Waals surface area contributed by atoms with Crippen LogP contribution < -0.4 is 4.74 Å². The fourth-order valence-electron chi connectivity index (χ4n) is 6.20. The smallest absolute Gasteiger partial charge is 0.345 e. The third kappa shape index (κ3) is 11.3. The number of ketones is 1. The molecule has 0 fully saturated rings. The normalized spacial score (nSPS) is 12.6. The molecule has 284 valence electrons. The van der Waals surface area contributed by atoms with Crippen LogP contribution in [0.1, 0.15) is 123 Å². The number of aromatic hydroxyl groups is 3. The molecule has 53 heavy (non-hydrogen) atoms. The SMILES string of the molecule is CC(C)=O.CCCCCc1cc(O)c(-c2cccc(C)c2)c(O)c1C(=O)O.CCCCCc1cc(O)c(-c2cccc(C)c2)c2c1C(=O)OC(C)(C)O2. The van der Waals surface area contributed by atoms with Crippen molar-refractivity contribution in [3.05, 3.63) is 94.0 Å². The van der Waals surface area contributed by atoms with Crippen LogP contribution >= 0.6 is 0 Å². The van der Waals surface area contributed by atoms with Gasteiger partial charge in [0.05, 0.1) is 11.1 Å². The number of Topliss-reactive ketones (excluding diaryl/α,β-unsaturated/α-hetero) is 1. The summed E-state index contributed by atoms with van der Waals surface area (Å²) < 4.78 is 11.5. The van der Waals surface area contributed by atoms with Gasteiger partial charge in [-0.3, -0.25) is 0 Å². The van der Waals surface area contributed by atoms with Gasteiger partial charge >= 0.3 is 11.9 Å². The number of phenols is 3. The van der Waals surface area contributed by atoms with Crippen molar-refractivity contribution in [2.45, 2.75) is 113 Å². The largest absolute Gasteiger partial charge is 0.507 e. The molecule has 1 heterocycles. The third-order valence-corrected chi connectivity index (χ3v) is 8.52. The van der Waals surface area contributed by atoms with Gasteiger partial charge in [-0.2, -0.15) is 0 Å². The maximum atomic E-state index is 12.7. The first-order chi connectivity index (χ1) is 25.0. The first-order valence-electron chi connectivity index (χ1n) is 18.2. The minimum atomic E-state index is -1.18. The molecule has 9 heteroatoms. The van der Waals surface area contributed by atoms with Crippen molar-refractivity contribution in [3.63, 3.8) is 0 Å². The number of carboxylic acid groups (broad SMARTS) is 1. The minimum absolute atomic E-state index is 0.0930. The number of hydrogen-bond donors (Lipinski definition) is 4. The average Bonchev–Trinajstić information content (AvgIpc) is 3.04. The minimum Gasteiger partial charge on any atom is -0.507 e. The van der Waals surface area contributed by atoms with Gasteiger partial charge in [-0.15, -0.1) is 0 Å². The van der Waals surface area contributed by atoms with E-state index in [4.69, 9.17) is 9.47 Å². The topological polar surface area (TPSA) is 151 Å². The van der Waals surface area contributed by atoms with Gasteiger partial charge in [-0.1, -0.05) is 99.2 Å². The number of aromatic carboxylic acids is 1. The number of aryl methyl sites for hydroxylation is 4. The number of fused-ring (bicyclic) bond motifs is 1. The van der Waals surface area contributed by atoms with Crippen LogP contribution in [0.2, 0.25) is 0 Å². The van der Waals surface area contributed by atoms with Crippen molar-refractivity contribution < 1.29 is 44.3 Å². The summed E-state index contributed by atoms with van der Waals surface area (Å²) in [4.78, 5) is 33.8. The summed E-state index contributed by atoms with van der Waals surface area (Å²) in [6.45, 7) is 14.5. The third-order valence-electron chi connectivity index (χ3n) is 8.52. The Balaban J connectivity index is 0.000000261. The van der Waals surface area contributed by atoms with Crippen LogP contribution in [-0.4, -0.2) is 43.9 Å². The van der Waals surface area contributed by atoms with Crippen LogP contribution in [-0.2, 0) is 22.4 Å². The van der Waals surface area contributed by atoms with Gasteiger partial charge in [-0.05, 0) is 87.8 Å². The molecule has 0 unspecified atom stereocenters. The molecule has 0 spiro atoms. The molecule has 1 aliphatic rings. The molecule has 0 aromatic heterocycles. The second-order valence-electron chi connectivity index (χ2n) is 14.0. The molecule has 0 aliphatic carbocycles. The van der Waals surface area contributed by atoms with Gasteiger partial charge in [0.25, 0.3) is 0 Å². The molecule has 1 aliphatic heterocycles. The lowest BCUT2D eigenvalue weighted by atomic mass is 9.92. The average molecular weight is 727 g/mol. The number of ether oxygens (including phenoxy) is 2. The molecule has 4 aromatic carbocycles.